The normalized spacial score (nSPS) is 16.5. The van der Waals surface area contributed by atoms with E-state index >= 15 is 0 Å². The minimum atomic E-state index is 0.812. The van der Waals surface area contributed by atoms with E-state index in [-0.39, 0.29) is 0 Å². The Labute approximate surface area is 85.1 Å². The summed E-state index contributed by atoms with van der Waals surface area (Å²) in [5.41, 5.74) is 1.31. The lowest BCUT2D eigenvalue weighted by Crippen LogP contribution is -2.20. The van der Waals surface area contributed by atoms with Gasteiger partial charge in [-0.15, -0.1) is 0 Å². The number of rotatable bonds is 5. The Morgan fingerprint density at radius 2 is 2.36 bits per heavy atom. The van der Waals surface area contributed by atoms with Gasteiger partial charge in [0.2, 0.25) is 0 Å². The third-order valence-corrected chi connectivity index (χ3v) is 2.76. The fraction of sp³-hybridized carbons (Fsp3) is 0.636. The molecule has 3 heteroatoms. The van der Waals surface area contributed by atoms with Gasteiger partial charge in [-0.2, -0.15) is 0 Å². The Balaban J connectivity index is 1.96. The monoisotopic (exact) mass is 194 g/mol. The molecule has 0 aromatic carbocycles. The summed E-state index contributed by atoms with van der Waals surface area (Å²) in [5, 5.41) is 3.12. The molecule has 3 nitrogen and oxygen atoms in total. The van der Waals surface area contributed by atoms with Gasteiger partial charge in [-0.1, -0.05) is 0 Å². The van der Waals surface area contributed by atoms with Gasteiger partial charge >= 0.3 is 0 Å². The maximum atomic E-state index is 5.42. The first kappa shape index (κ1) is 9.74. The molecule has 2 rings (SSSR count). The van der Waals surface area contributed by atoms with Crippen molar-refractivity contribution < 1.29 is 4.42 Å². The zero-order chi connectivity index (χ0) is 9.97. The topological polar surface area (TPSA) is 28.4 Å². The van der Waals surface area contributed by atoms with Crippen LogP contribution in [0, 0.1) is 0 Å². The highest BCUT2D eigenvalue weighted by atomic mass is 16.3. The first-order valence-electron chi connectivity index (χ1n) is 5.21. The van der Waals surface area contributed by atoms with Crippen molar-refractivity contribution in [2.75, 3.05) is 14.1 Å². The second-order valence-corrected chi connectivity index (χ2v) is 4.05. The van der Waals surface area contributed by atoms with Crippen LogP contribution in [0.15, 0.2) is 16.7 Å². The van der Waals surface area contributed by atoms with Gasteiger partial charge in [0.15, 0.2) is 0 Å². The van der Waals surface area contributed by atoms with Crippen molar-refractivity contribution in [1.29, 1.82) is 0 Å². The molecule has 0 spiro atoms. The van der Waals surface area contributed by atoms with Crippen LogP contribution in [-0.4, -0.2) is 25.0 Å². The van der Waals surface area contributed by atoms with Crippen LogP contribution >= 0.6 is 0 Å². The molecule has 1 heterocycles. The lowest BCUT2D eigenvalue weighted by atomic mass is 10.2. The van der Waals surface area contributed by atoms with Crippen molar-refractivity contribution in [3.8, 4) is 0 Å². The predicted octanol–water partition coefficient (Wildman–Crippen LogP) is 1.59. The molecule has 78 valence electrons. The number of nitrogens with one attached hydrogen (secondary N) is 1. The van der Waals surface area contributed by atoms with Gasteiger partial charge < -0.3 is 9.73 Å². The molecule has 1 aromatic rings. The van der Waals surface area contributed by atoms with Gasteiger partial charge in [0.05, 0.1) is 12.8 Å². The molecule has 1 saturated carbocycles. The maximum absolute atomic E-state index is 5.42. The summed E-state index contributed by atoms with van der Waals surface area (Å²) in [4.78, 5) is 2.41. The zero-order valence-corrected chi connectivity index (χ0v) is 8.92. The molecule has 0 unspecified atom stereocenters. The molecule has 1 aliphatic carbocycles. The van der Waals surface area contributed by atoms with Crippen molar-refractivity contribution in [3.05, 3.63) is 23.7 Å². The van der Waals surface area contributed by atoms with Crippen LogP contribution < -0.4 is 5.32 Å². The summed E-state index contributed by atoms with van der Waals surface area (Å²) in [7, 11) is 4.13. The van der Waals surface area contributed by atoms with Crippen LogP contribution in [0.2, 0.25) is 0 Å². The van der Waals surface area contributed by atoms with E-state index in [0.717, 1.165) is 24.9 Å². The minimum Gasteiger partial charge on any atom is -0.468 e. The van der Waals surface area contributed by atoms with Gasteiger partial charge in [-0.25, -0.2) is 0 Å². The van der Waals surface area contributed by atoms with E-state index in [1.807, 2.05) is 7.05 Å². The summed E-state index contributed by atoms with van der Waals surface area (Å²) in [6.45, 7) is 1.83. The SMILES string of the molecule is CNCc1occc1CN(C)C1CC1. The first-order valence-corrected chi connectivity index (χ1v) is 5.21. The van der Waals surface area contributed by atoms with E-state index in [4.69, 9.17) is 4.42 Å². The quantitative estimate of drug-likeness (QED) is 0.771. The smallest absolute Gasteiger partial charge is 0.122 e. The van der Waals surface area contributed by atoms with Crippen LogP contribution in [0.4, 0.5) is 0 Å². The fourth-order valence-corrected chi connectivity index (χ4v) is 1.74. The highest BCUT2D eigenvalue weighted by Crippen LogP contribution is 2.27. The van der Waals surface area contributed by atoms with Crippen LogP contribution in [-0.2, 0) is 13.1 Å². The highest BCUT2D eigenvalue weighted by molar-refractivity contribution is 5.17. The summed E-state index contributed by atoms with van der Waals surface area (Å²) >= 11 is 0. The summed E-state index contributed by atoms with van der Waals surface area (Å²) < 4.78 is 5.42. The summed E-state index contributed by atoms with van der Waals surface area (Å²) in [5.74, 6) is 1.07. The lowest BCUT2D eigenvalue weighted by molar-refractivity contribution is 0.312. The van der Waals surface area contributed by atoms with Gasteiger partial charge in [0.25, 0.3) is 0 Å². The van der Waals surface area contributed by atoms with E-state index < -0.39 is 0 Å². The number of hydrogen-bond acceptors (Lipinski definition) is 3. The van der Waals surface area contributed by atoms with Crippen molar-refractivity contribution in [3.63, 3.8) is 0 Å². The fourth-order valence-electron chi connectivity index (χ4n) is 1.74. The minimum absolute atomic E-state index is 0.812. The largest absolute Gasteiger partial charge is 0.468 e. The van der Waals surface area contributed by atoms with Crippen LogP contribution in [0.5, 0.6) is 0 Å². The van der Waals surface area contributed by atoms with Crippen LogP contribution in [0.1, 0.15) is 24.2 Å². The van der Waals surface area contributed by atoms with Gasteiger partial charge in [-0.05, 0) is 33.0 Å². The van der Waals surface area contributed by atoms with E-state index in [9.17, 15) is 0 Å². The number of nitrogens with zero attached hydrogens (tertiary/aromatic N) is 1. The van der Waals surface area contributed by atoms with Gasteiger partial charge in [0, 0.05) is 18.2 Å². The highest BCUT2D eigenvalue weighted by Gasteiger charge is 2.26. The molecule has 0 atom stereocenters. The standard InChI is InChI=1S/C11H18N2O/c1-12-7-11-9(5-6-14-11)8-13(2)10-3-4-10/h5-6,10,12H,3-4,7-8H2,1-2H3. The van der Waals surface area contributed by atoms with Gasteiger partial charge in [-0.3, -0.25) is 4.90 Å². The first-order chi connectivity index (χ1) is 6.81. The molecule has 0 radical (unpaired) electrons. The Hall–Kier alpha value is -0.800. The Bertz CT molecular complexity index is 291. The van der Waals surface area contributed by atoms with Crippen LogP contribution in [0.3, 0.4) is 0 Å². The average Bonchev–Trinajstić information content (AvgIpc) is 2.93. The summed E-state index contributed by atoms with van der Waals surface area (Å²) in [6, 6.07) is 2.89. The lowest BCUT2D eigenvalue weighted by Gasteiger charge is -2.15. The van der Waals surface area contributed by atoms with Crippen molar-refractivity contribution in [2.45, 2.75) is 32.0 Å². The third kappa shape index (κ3) is 2.16. The molecular formula is C11H18N2O. The Kier molecular flexibility index (Phi) is 2.89. The second-order valence-electron chi connectivity index (χ2n) is 4.05. The Morgan fingerprint density at radius 1 is 1.57 bits per heavy atom. The molecule has 0 bridgehead atoms. The van der Waals surface area contributed by atoms with Crippen molar-refractivity contribution in [1.82, 2.24) is 10.2 Å². The average molecular weight is 194 g/mol. The molecule has 0 saturated heterocycles. The maximum Gasteiger partial charge on any atom is 0.122 e. The van der Waals surface area contributed by atoms with Gasteiger partial charge in [0.1, 0.15) is 5.76 Å². The van der Waals surface area contributed by atoms with E-state index in [1.165, 1.54) is 18.4 Å². The van der Waals surface area contributed by atoms with Crippen molar-refractivity contribution >= 4 is 0 Å². The van der Waals surface area contributed by atoms with E-state index in [1.54, 1.807) is 6.26 Å². The molecule has 0 aliphatic heterocycles. The summed E-state index contributed by atoms with van der Waals surface area (Å²) in [6.07, 6.45) is 4.49. The molecule has 1 fully saturated rings. The Morgan fingerprint density at radius 3 is 3.00 bits per heavy atom. The predicted molar refractivity (Wildman–Crippen MR) is 56.0 cm³/mol. The third-order valence-electron chi connectivity index (χ3n) is 2.76. The van der Waals surface area contributed by atoms with Crippen LogP contribution in [0.25, 0.3) is 0 Å². The molecule has 1 aromatic heterocycles. The number of furan rings is 1. The molecule has 1 N–H and O–H groups in total. The van der Waals surface area contributed by atoms with Crippen molar-refractivity contribution in [2.24, 2.45) is 0 Å². The number of hydrogen-bond donors (Lipinski definition) is 1. The van der Waals surface area contributed by atoms with E-state index in [0.29, 0.717) is 0 Å². The van der Waals surface area contributed by atoms with E-state index in [2.05, 4.69) is 23.3 Å². The molecular weight excluding hydrogens is 176 g/mol. The molecule has 1 aliphatic rings. The molecule has 14 heavy (non-hydrogen) atoms. The molecule has 0 amide bonds. The zero-order valence-electron chi connectivity index (χ0n) is 8.92. The second kappa shape index (κ2) is 4.15.